The van der Waals surface area contributed by atoms with E-state index in [0.717, 1.165) is 34.0 Å². The molecule has 47 heavy (non-hydrogen) atoms. The maximum Gasteiger partial charge on any atom is 0.162 e. The molecule has 6 aromatic carbocycles. The standard InChI is InChI=1S/C43H29N3S/c1-43(2)32-20-10-6-17-29(32)40-38(43)39(26-14-4-3-5-15-26)44-42(45-40)30-18-8-12-22-34(30)46-33-21-11-7-16-27(33)28-24-25-36-37(41(28)46)31-19-9-13-23-35(31)47-36/h3-25H,1-2H3. The fourth-order valence-electron chi connectivity index (χ4n) is 7.92. The SMILES string of the molecule is CC1(C)c2ccccc2-c2nc(-c3ccccc3-n3c4ccccc4c4ccc5sc6ccccc6c5c43)nc(-c3ccccc3)c21. The summed E-state index contributed by atoms with van der Waals surface area (Å²) >= 11 is 1.86. The predicted octanol–water partition coefficient (Wildman–Crippen LogP) is 11.6. The minimum atomic E-state index is -0.229. The summed E-state index contributed by atoms with van der Waals surface area (Å²) in [7, 11) is 0. The van der Waals surface area contributed by atoms with Gasteiger partial charge in [-0.2, -0.15) is 0 Å². The van der Waals surface area contributed by atoms with E-state index >= 15 is 0 Å². The zero-order valence-corrected chi connectivity index (χ0v) is 26.8. The molecule has 1 aliphatic rings. The van der Waals surface area contributed by atoms with Crippen molar-refractivity contribution in [2.24, 2.45) is 0 Å². The monoisotopic (exact) mass is 619 g/mol. The molecule has 3 heterocycles. The molecular formula is C43H29N3S. The molecule has 10 rings (SSSR count). The van der Waals surface area contributed by atoms with Crippen molar-refractivity contribution in [1.29, 1.82) is 0 Å². The summed E-state index contributed by atoms with van der Waals surface area (Å²) in [5.41, 5.74) is 11.1. The van der Waals surface area contributed by atoms with Crippen LogP contribution in [0.25, 0.3) is 81.6 Å². The van der Waals surface area contributed by atoms with E-state index < -0.39 is 0 Å². The maximum absolute atomic E-state index is 5.47. The van der Waals surface area contributed by atoms with Gasteiger partial charge in [0.15, 0.2) is 5.82 Å². The van der Waals surface area contributed by atoms with Gasteiger partial charge in [0, 0.05) is 58.6 Å². The Morgan fingerprint density at radius 1 is 0.553 bits per heavy atom. The van der Waals surface area contributed by atoms with Gasteiger partial charge in [0.05, 0.1) is 28.1 Å². The van der Waals surface area contributed by atoms with E-state index in [1.165, 1.54) is 58.7 Å². The summed E-state index contributed by atoms with van der Waals surface area (Å²) in [4.78, 5) is 10.9. The summed E-state index contributed by atoms with van der Waals surface area (Å²) in [6, 6.07) is 50.1. The molecule has 0 amide bonds. The average Bonchev–Trinajstić information content (AvgIpc) is 3.74. The quantitative estimate of drug-likeness (QED) is 0.197. The number of aromatic nitrogens is 3. The summed E-state index contributed by atoms with van der Waals surface area (Å²) in [6.45, 7) is 4.60. The predicted molar refractivity (Wildman–Crippen MR) is 198 cm³/mol. The van der Waals surface area contributed by atoms with Gasteiger partial charge in [-0.05, 0) is 35.9 Å². The number of thiophene rings is 1. The Bertz CT molecular complexity index is 2710. The number of fused-ring (bicyclic) bond motifs is 10. The number of hydrogen-bond donors (Lipinski definition) is 0. The van der Waals surface area contributed by atoms with Crippen LogP contribution >= 0.6 is 11.3 Å². The summed E-state index contributed by atoms with van der Waals surface area (Å²) < 4.78 is 5.05. The van der Waals surface area contributed by atoms with Crippen LogP contribution < -0.4 is 0 Å². The van der Waals surface area contributed by atoms with Crippen molar-refractivity contribution in [3.05, 3.63) is 151 Å². The second-order valence-corrected chi connectivity index (χ2v) is 14.0. The van der Waals surface area contributed by atoms with Gasteiger partial charge < -0.3 is 4.57 Å². The normalized spacial score (nSPS) is 13.5. The van der Waals surface area contributed by atoms with Crippen LogP contribution in [0.1, 0.15) is 25.0 Å². The van der Waals surface area contributed by atoms with Crippen LogP contribution in [-0.2, 0) is 5.41 Å². The molecular weight excluding hydrogens is 591 g/mol. The van der Waals surface area contributed by atoms with E-state index in [2.05, 4.69) is 158 Å². The minimum absolute atomic E-state index is 0.229. The molecule has 0 aliphatic heterocycles. The molecule has 0 N–H and O–H groups in total. The number of rotatable bonds is 3. The van der Waals surface area contributed by atoms with Crippen molar-refractivity contribution in [2.75, 3.05) is 0 Å². The van der Waals surface area contributed by atoms with Gasteiger partial charge >= 0.3 is 0 Å². The Labute approximate surface area is 276 Å². The zero-order chi connectivity index (χ0) is 31.3. The van der Waals surface area contributed by atoms with Gasteiger partial charge in [0.1, 0.15) is 0 Å². The van der Waals surface area contributed by atoms with E-state index in [4.69, 9.17) is 9.97 Å². The molecule has 3 nitrogen and oxygen atoms in total. The Balaban J connectivity index is 1.33. The zero-order valence-electron chi connectivity index (χ0n) is 26.0. The lowest BCUT2D eigenvalue weighted by Gasteiger charge is -2.24. The molecule has 9 aromatic rings. The Morgan fingerprint density at radius 3 is 2.11 bits per heavy atom. The van der Waals surface area contributed by atoms with Crippen molar-refractivity contribution < 1.29 is 0 Å². The summed E-state index contributed by atoms with van der Waals surface area (Å²) in [5.74, 6) is 0.735. The van der Waals surface area contributed by atoms with Gasteiger partial charge in [0.2, 0.25) is 0 Å². The van der Waals surface area contributed by atoms with Gasteiger partial charge in [-0.25, -0.2) is 9.97 Å². The van der Waals surface area contributed by atoms with E-state index in [1.807, 2.05) is 11.3 Å². The molecule has 0 radical (unpaired) electrons. The molecule has 0 bridgehead atoms. The largest absolute Gasteiger partial charge is 0.308 e. The second kappa shape index (κ2) is 9.71. The first-order chi connectivity index (χ1) is 23.1. The van der Waals surface area contributed by atoms with Crippen LogP contribution in [0.4, 0.5) is 0 Å². The fraction of sp³-hybridized carbons (Fsp3) is 0.0698. The van der Waals surface area contributed by atoms with E-state index in [1.54, 1.807) is 0 Å². The summed E-state index contributed by atoms with van der Waals surface area (Å²) in [5, 5.41) is 5.08. The number of benzene rings is 6. The van der Waals surface area contributed by atoms with Crippen molar-refractivity contribution in [3.63, 3.8) is 0 Å². The van der Waals surface area contributed by atoms with Gasteiger partial charge in [-0.1, -0.05) is 123 Å². The van der Waals surface area contributed by atoms with Crippen LogP contribution in [0.5, 0.6) is 0 Å². The van der Waals surface area contributed by atoms with Crippen molar-refractivity contribution in [3.8, 4) is 39.6 Å². The van der Waals surface area contributed by atoms with Crippen LogP contribution in [0, 0.1) is 0 Å². The maximum atomic E-state index is 5.47. The molecule has 0 spiro atoms. The Kier molecular flexibility index (Phi) is 5.50. The molecule has 0 fully saturated rings. The van der Waals surface area contributed by atoms with E-state index in [0.29, 0.717) is 0 Å². The van der Waals surface area contributed by atoms with Crippen LogP contribution in [-0.4, -0.2) is 14.5 Å². The number of para-hydroxylation sites is 2. The van der Waals surface area contributed by atoms with E-state index in [-0.39, 0.29) is 5.41 Å². The molecule has 3 aromatic heterocycles. The first kappa shape index (κ1) is 26.6. The van der Waals surface area contributed by atoms with Crippen molar-refractivity contribution in [2.45, 2.75) is 19.3 Å². The van der Waals surface area contributed by atoms with Gasteiger partial charge in [0.25, 0.3) is 0 Å². The highest BCUT2D eigenvalue weighted by molar-refractivity contribution is 7.26. The van der Waals surface area contributed by atoms with Crippen molar-refractivity contribution >= 4 is 53.3 Å². The van der Waals surface area contributed by atoms with Crippen molar-refractivity contribution in [1.82, 2.24) is 14.5 Å². The van der Waals surface area contributed by atoms with Crippen LogP contribution in [0.15, 0.2) is 140 Å². The third-order valence-electron chi connectivity index (χ3n) is 10.00. The summed E-state index contributed by atoms with van der Waals surface area (Å²) in [6.07, 6.45) is 0. The van der Waals surface area contributed by atoms with Gasteiger partial charge in [-0.3, -0.25) is 0 Å². The lowest BCUT2D eigenvalue weighted by molar-refractivity contribution is 0.658. The first-order valence-electron chi connectivity index (χ1n) is 16.1. The fourth-order valence-corrected chi connectivity index (χ4v) is 9.02. The van der Waals surface area contributed by atoms with Crippen LogP contribution in [0.2, 0.25) is 0 Å². The second-order valence-electron chi connectivity index (χ2n) is 13.0. The lowest BCUT2D eigenvalue weighted by atomic mass is 9.81. The third kappa shape index (κ3) is 3.67. The molecule has 0 saturated carbocycles. The van der Waals surface area contributed by atoms with Crippen LogP contribution in [0.3, 0.4) is 0 Å². The Hall–Kier alpha value is -5.58. The molecule has 0 unspecified atom stereocenters. The topological polar surface area (TPSA) is 30.7 Å². The highest BCUT2D eigenvalue weighted by Gasteiger charge is 2.40. The minimum Gasteiger partial charge on any atom is -0.308 e. The van der Waals surface area contributed by atoms with Gasteiger partial charge in [-0.15, -0.1) is 11.3 Å². The van der Waals surface area contributed by atoms with E-state index in [9.17, 15) is 0 Å². The molecule has 1 aliphatic carbocycles. The molecule has 4 heteroatoms. The molecule has 0 saturated heterocycles. The highest BCUT2D eigenvalue weighted by atomic mass is 32.1. The smallest absolute Gasteiger partial charge is 0.162 e. The Morgan fingerprint density at radius 2 is 1.23 bits per heavy atom. The highest BCUT2D eigenvalue weighted by Crippen LogP contribution is 2.52. The average molecular weight is 620 g/mol. The molecule has 0 atom stereocenters. The lowest BCUT2D eigenvalue weighted by Crippen LogP contribution is -2.17. The number of nitrogens with zero attached hydrogens (tertiary/aromatic N) is 3. The first-order valence-corrected chi connectivity index (χ1v) is 16.9. The number of hydrogen-bond acceptors (Lipinski definition) is 3. The molecule has 222 valence electrons. The third-order valence-corrected chi connectivity index (χ3v) is 11.1.